The number of halogens is 2. The molecule has 0 heterocycles. The molecule has 1 atom stereocenters. The zero-order valence-electron chi connectivity index (χ0n) is 9.22. The van der Waals surface area contributed by atoms with Crippen molar-refractivity contribution in [2.75, 3.05) is 10.6 Å². The first-order valence-electron chi connectivity index (χ1n) is 4.68. The molecular weight excluding hydrogens is 285 g/mol. The Labute approximate surface area is 110 Å². The first-order valence-corrected chi connectivity index (χ1v) is 7.29. The number of hydrogen-bond donors (Lipinski definition) is 0. The van der Waals surface area contributed by atoms with Gasteiger partial charge >= 0.3 is 0 Å². The van der Waals surface area contributed by atoms with Crippen LogP contribution in [-0.4, -0.2) is 26.0 Å². The van der Waals surface area contributed by atoms with Gasteiger partial charge in [-0.2, -0.15) is 0 Å². The fourth-order valence-corrected chi connectivity index (χ4v) is 3.02. The number of sulfonamides is 1. The number of nitrogens with zero attached hydrogens (tertiary/aromatic N) is 1. The SMILES string of the molecule is CC(C(=O)Cl)N(c1ccccc1Cl)S(C)(=O)=O. The topological polar surface area (TPSA) is 54.5 Å². The lowest BCUT2D eigenvalue weighted by molar-refractivity contribution is -0.112. The Bertz CT molecular complexity index is 530. The molecule has 94 valence electrons. The zero-order valence-corrected chi connectivity index (χ0v) is 11.6. The molecule has 0 bridgehead atoms. The van der Waals surface area contributed by atoms with Crippen LogP contribution >= 0.6 is 23.2 Å². The third-order valence-corrected chi connectivity index (χ3v) is 3.99. The van der Waals surface area contributed by atoms with Crippen LogP contribution in [0.3, 0.4) is 0 Å². The van der Waals surface area contributed by atoms with Crippen molar-refractivity contribution in [3.63, 3.8) is 0 Å². The monoisotopic (exact) mass is 295 g/mol. The number of rotatable bonds is 4. The number of hydrogen-bond acceptors (Lipinski definition) is 3. The van der Waals surface area contributed by atoms with Gasteiger partial charge in [-0.3, -0.25) is 9.10 Å². The summed E-state index contributed by atoms with van der Waals surface area (Å²) in [5, 5.41) is -0.530. The molecule has 0 spiro atoms. The van der Waals surface area contributed by atoms with Gasteiger partial charge in [0.15, 0.2) is 0 Å². The Morgan fingerprint density at radius 3 is 2.29 bits per heavy atom. The van der Waals surface area contributed by atoms with Crippen molar-refractivity contribution in [2.24, 2.45) is 0 Å². The summed E-state index contributed by atoms with van der Waals surface area (Å²) in [6.45, 7) is 1.40. The molecule has 17 heavy (non-hydrogen) atoms. The van der Waals surface area contributed by atoms with Crippen LogP contribution in [0.15, 0.2) is 24.3 Å². The molecule has 0 aromatic heterocycles. The van der Waals surface area contributed by atoms with E-state index in [0.29, 0.717) is 0 Å². The predicted octanol–water partition coefficient (Wildman–Crippen LogP) is 2.26. The molecule has 0 saturated carbocycles. The van der Waals surface area contributed by atoms with Crippen molar-refractivity contribution >= 4 is 44.2 Å². The van der Waals surface area contributed by atoms with Crippen LogP contribution in [0.1, 0.15) is 6.92 Å². The second-order valence-electron chi connectivity index (χ2n) is 3.49. The smallest absolute Gasteiger partial charge is 0.245 e. The first-order chi connectivity index (χ1) is 7.75. The van der Waals surface area contributed by atoms with Crippen molar-refractivity contribution < 1.29 is 13.2 Å². The summed E-state index contributed by atoms with van der Waals surface area (Å²) in [4.78, 5) is 11.1. The number of benzene rings is 1. The second-order valence-corrected chi connectivity index (χ2v) is 6.13. The fraction of sp³-hybridized carbons (Fsp3) is 0.300. The van der Waals surface area contributed by atoms with Gasteiger partial charge in [0.25, 0.3) is 0 Å². The van der Waals surface area contributed by atoms with Crippen LogP contribution in [0.5, 0.6) is 0 Å². The van der Waals surface area contributed by atoms with Crippen molar-refractivity contribution in [3.8, 4) is 0 Å². The summed E-state index contributed by atoms with van der Waals surface area (Å²) < 4.78 is 24.3. The molecule has 0 saturated heterocycles. The summed E-state index contributed by atoms with van der Waals surface area (Å²) in [5.41, 5.74) is 0.234. The molecule has 4 nitrogen and oxygen atoms in total. The molecule has 0 aliphatic rings. The van der Waals surface area contributed by atoms with Gasteiger partial charge in [0.2, 0.25) is 15.3 Å². The van der Waals surface area contributed by atoms with Crippen LogP contribution < -0.4 is 4.31 Å². The van der Waals surface area contributed by atoms with E-state index in [0.717, 1.165) is 10.6 Å². The lowest BCUT2D eigenvalue weighted by Gasteiger charge is -2.27. The highest BCUT2D eigenvalue weighted by molar-refractivity contribution is 7.92. The van der Waals surface area contributed by atoms with Crippen molar-refractivity contribution in [1.29, 1.82) is 0 Å². The van der Waals surface area contributed by atoms with Crippen molar-refractivity contribution in [3.05, 3.63) is 29.3 Å². The van der Waals surface area contributed by atoms with Crippen LogP contribution in [0.4, 0.5) is 5.69 Å². The predicted molar refractivity (Wildman–Crippen MR) is 69.1 cm³/mol. The third kappa shape index (κ3) is 3.34. The van der Waals surface area contributed by atoms with E-state index in [1.54, 1.807) is 18.2 Å². The molecule has 7 heteroatoms. The number of para-hydroxylation sites is 1. The highest BCUT2D eigenvalue weighted by Crippen LogP contribution is 2.29. The Morgan fingerprint density at radius 2 is 1.88 bits per heavy atom. The molecule has 0 radical (unpaired) electrons. The zero-order chi connectivity index (χ0) is 13.2. The maximum atomic E-state index is 11.7. The average molecular weight is 296 g/mol. The van der Waals surface area contributed by atoms with E-state index in [4.69, 9.17) is 23.2 Å². The summed E-state index contributed by atoms with van der Waals surface area (Å²) >= 11 is 11.3. The lowest BCUT2D eigenvalue weighted by atomic mass is 10.3. The standard InChI is InChI=1S/C10H11Cl2NO3S/c1-7(10(12)14)13(17(2,15)16)9-6-4-3-5-8(9)11/h3-7H,1-2H3. The van der Waals surface area contributed by atoms with Gasteiger partial charge in [0.1, 0.15) is 6.04 Å². The molecule has 1 aromatic rings. The van der Waals surface area contributed by atoms with Crippen molar-refractivity contribution in [1.82, 2.24) is 0 Å². The van der Waals surface area contributed by atoms with Crippen LogP contribution in [0.2, 0.25) is 5.02 Å². The minimum absolute atomic E-state index is 0.234. The summed E-state index contributed by atoms with van der Waals surface area (Å²) in [6, 6.07) is 5.34. The van der Waals surface area contributed by atoms with Crippen LogP contribution in [0.25, 0.3) is 0 Å². The summed E-state index contributed by atoms with van der Waals surface area (Å²) in [6.07, 6.45) is 0.993. The van der Waals surface area contributed by atoms with E-state index in [2.05, 4.69) is 0 Å². The van der Waals surface area contributed by atoms with E-state index in [1.165, 1.54) is 13.0 Å². The fourth-order valence-electron chi connectivity index (χ4n) is 1.40. The normalized spacial score (nSPS) is 13.2. The van der Waals surface area contributed by atoms with Gasteiger partial charge in [-0.1, -0.05) is 23.7 Å². The maximum absolute atomic E-state index is 11.7. The largest absolute Gasteiger partial charge is 0.279 e. The number of carbonyl (C=O) groups excluding carboxylic acids is 1. The highest BCUT2D eigenvalue weighted by Gasteiger charge is 2.29. The van der Waals surface area contributed by atoms with E-state index in [1.807, 2.05) is 0 Å². The van der Waals surface area contributed by atoms with Crippen LogP contribution in [0, 0.1) is 0 Å². The van der Waals surface area contributed by atoms with Gasteiger partial charge in [-0.25, -0.2) is 8.42 Å². The second kappa shape index (κ2) is 5.25. The molecule has 1 aromatic carbocycles. The van der Waals surface area contributed by atoms with E-state index in [-0.39, 0.29) is 10.7 Å². The van der Waals surface area contributed by atoms with Crippen molar-refractivity contribution in [2.45, 2.75) is 13.0 Å². The Hall–Kier alpha value is -0.780. The Morgan fingerprint density at radius 1 is 1.35 bits per heavy atom. The van der Waals surface area contributed by atoms with Crippen LogP contribution in [-0.2, 0) is 14.8 Å². The van der Waals surface area contributed by atoms with Gasteiger partial charge in [-0.15, -0.1) is 0 Å². The molecule has 0 amide bonds. The highest BCUT2D eigenvalue weighted by atomic mass is 35.5. The third-order valence-electron chi connectivity index (χ3n) is 2.13. The first kappa shape index (κ1) is 14.3. The molecule has 0 N–H and O–H groups in total. The van der Waals surface area contributed by atoms with Gasteiger partial charge in [0, 0.05) is 0 Å². The molecular formula is C10H11Cl2NO3S. The average Bonchev–Trinajstić information content (AvgIpc) is 2.19. The van der Waals surface area contributed by atoms with E-state index in [9.17, 15) is 13.2 Å². The van der Waals surface area contributed by atoms with Gasteiger partial charge in [-0.05, 0) is 30.7 Å². The molecule has 1 unspecified atom stereocenters. The lowest BCUT2D eigenvalue weighted by Crippen LogP contribution is -2.41. The minimum Gasteiger partial charge on any atom is -0.279 e. The van der Waals surface area contributed by atoms with E-state index < -0.39 is 21.3 Å². The summed E-state index contributed by atoms with van der Waals surface area (Å²) in [7, 11) is -3.64. The molecule has 0 fully saturated rings. The molecule has 0 aliphatic carbocycles. The van der Waals surface area contributed by atoms with Gasteiger partial charge in [0.05, 0.1) is 17.0 Å². The molecule has 1 rings (SSSR count). The Balaban J connectivity index is 3.36. The minimum atomic E-state index is -3.64. The molecule has 0 aliphatic heterocycles. The quantitative estimate of drug-likeness (QED) is 0.801. The van der Waals surface area contributed by atoms with E-state index >= 15 is 0 Å². The van der Waals surface area contributed by atoms with Gasteiger partial charge < -0.3 is 0 Å². The summed E-state index contributed by atoms with van der Waals surface area (Å²) in [5.74, 6) is 0. The maximum Gasteiger partial charge on any atom is 0.245 e. The Kier molecular flexibility index (Phi) is 4.41. The number of anilines is 1. The number of carbonyl (C=O) groups is 1.